The van der Waals surface area contributed by atoms with Crippen LogP contribution < -0.4 is 9.05 Å². The maximum absolute atomic E-state index is 12.6. The molecule has 2 aromatic carbocycles. The van der Waals surface area contributed by atoms with E-state index in [9.17, 15) is 4.89 Å². The van der Waals surface area contributed by atoms with Gasteiger partial charge in [-0.25, -0.2) is 0 Å². The first-order valence-electron chi connectivity index (χ1n) is 15.6. The van der Waals surface area contributed by atoms with Crippen LogP contribution in [0.4, 0.5) is 0 Å². The molecular weight excluding hydrogens is 511 g/mol. The fourth-order valence-corrected chi connectivity index (χ4v) is 7.25. The predicted molar refractivity (Wildman–Crippen MR) is 178 cm³/mol. The Hall–Kier alpha value is -1.57. The third-order valence-corrected chi connectivity index (χ3v) is 9.66. The third kappa shape index (κ3) is 9.49. The minimum atomic E-state index is -3.74. The Bertz CT molecular complexity index is 949. The molecule has 0 heterocycles. The summed E-state index contributed by atoms with van der Waals surface area (Å²) in [6, 6.07) is 12.8. The zero-order valence-corrected chi connectivity index (χ0v) is 29.2. The van der Waals surface area contributed by atoms with Gasteiger partial charge in [0.1, 0.15) is 0 Å². The second kappa shape index (κ2) is 13.2. The fraction of sp³-hybridized carbons (Fsp3) is 0.667. The van der Waals surface area contributed by atoms with Crippen LogP contribution in [0.3, 0.4) is 0 Å². The SMILES string of the molecule is CCCCCCCC[PH](O)(Oc1c(C(C)(C)C)cccc1C(C)(C)C)Oc1c(C(C)(C)C)cccc1C(C)(C)C. The Labute approximate surface area is 248 Å². The van der Waals surface area contributed by atoms with Crippen molar-refractivity contribution in [1.82, 2.24) is 0 Å². The molecule has 2 rings (SSSR count). The van der Waals surface area contributed by atoms with Gasteiger partial charge in [0.25, 0.3) is 0 Å². The third-order valence-electron chi connectivity index (χ3n) is 7.63. The van der Waals surface area contributed by atoms with E-state index in [1.807, 2.05) is 0 Å². The van der Waals surface area contributed by atoms with E-state index < -0.39 is 7.94 Å². The molecule has 0 fully saturated rings. The van der Waals surface area contributed by atoms with Gasteiger partial charge in [0.15, 0.2) is 0 Å². The monoisotopic (exact) mass is 572 g/mol. The summed E-state index contributed by atoms with van der Waals surface area (Å²) in [6.45, 7) is 28.8. The van der Waals surface area contributed by atoms with Gasteiger partial charge in [-0.1, -0.05) is 0 Å². The van der Waals surface area contributed by atoms with E-state index in [2.05, 4.69) is 126 Å². The number of hydrogen-bond donors (Lipinski definition) is 1. The molecule has 0 aliphatic rings. The molecular formula is C36H61O3P. The summed E-state index contributed by atoms with van der Waals surface area (Å²) in [5.41, 5.74) is 3.85. The van der Waals surface area contributed by atoms with Gasteiger partial charge in [0.05, 0.1) is 0 Å². The summed E-state index contributed by atoms with van der Waals surface area (Å²) in [5, 5.41) is 0. The molecule has 0 spiro atoms. The molecule has 0 radical (unpaired) electrons. The summed E-state index contributed by atoms with van der Waals surface area (Å²) in [4.78, 5) is 12.6. The summed E-state index contributed by atoms with van der Waals surface area (Å²) < 4.78 is 13.9. The summed E-state index contributed by atoms with van der Waals surface area (Å²) >= 11 is 0. The average molecular weight is 573 g/mol. The molecule has 0 saturated heterocycles. The van der Waals surface area contributed by atoms with Gasteiger partial charge in [-0.2, -0.15) is 0 Å². The Morgan fingerprint density at radius 1 is 0.525 bits per heavy atom. The molecule has 0 aliphatic carbocycles. The Kier molecular flexibility index (Phi) is 11.4. The van der Waals surface area contributed by atoms with Crippen LogP contribution >= 0.6 is 7.94 Å². The Morgan fingerprint density at radius 3 is 1.12 bits per heavy atom. The number of para-hydroxylation sites is 2. The van der Waals surface area contributed by atoms with Gasteiger partial charge in [0.2, 0.25) is 0 Å². The van der Waals surface area contributed by atoms with Crippen molar-refractivity contribution in [2.45, 2.75) is 150 Å². The molecule has 228 valence electrons. The second-order valence-corrected chi connectivity index (χ2v) is 18.1. The zero-order chi connectivity index (χ0) is 30.6. The Morgan fingerprint density at radius 2 is 0.825 bits per heavy atom. The quantitative estimate of drug-likeness (QED) is 0.215. The van der Waals surface area contributed by atoms with Crippen LogP contribution in [0.1, 0.15) is 151 Å². The molecule has 0 bridgehead atoms. The number of unbranched alkanes of at least 4 members (excludes halogenated alkanes) is 5. The van der Waals surface area contributed by atoms with E-state index in [4.69, 9.17) is 9.05 Å². The Balaban J connectivity index is 2.70. The molecule has 3 nitrogen and oxygen atoms in total. The van der Waals surface area contributed by atoms with E-state index in [-0.39, 0.29) is 21.7 Å². The van der Waals surface area contributed by atoms with Crippen molar-refractivity contribution >= 4 is 7.94 Å². The minimum absolute atomic E-state index is 0.147. The van der Waals surface area contributed by atoms with Crippen LogP contribution in [0.2, 0.25) is 0 Å². The first-order valence-corrected chi connectivity index (χ1v) is 17.6. The first kappa shape index (κ1) is 34.6. The van der Waals surface area contributed by atoms with Crippen molar-refractivity contribution in [2.24, 2.45) is 0 Å². The summed E-state index contributed by atoms with van der Waals surface area (Å²) in [6.07, 6.45) is 7.39. The number of rotatable bonds is 11. The van der Waals surface area contributed by atoms with E-state index in [0.29, 0.717) is 6.16 Å². The van der Waals surface area contributed by atoms with Gasteiger partial charge in [0, 0.05) is 0 Å². The van der Waals surface area contributed by atoms with Crippen LogP contribution in [-0.4, -0.2) is 11.1 Å². The molecule has 4 heteroatoms. The van der Waals surface area contributed by atoms with Crippen LogP contribution in [0, 0.1) is 0 Å². The van der Waals surface area contributed by atoms with Gasteiger partial charge < -0.3 is 0 Å². The van der Waals surface area contributed by atoms with Crippen molar-refractivity contribution < 1.29 is 13.9 Å². The van der Waals surface area contributed by atoms with Gasteiger partial charge >= 0.3 is 248 Å². The average Bonchev–Trinajstić information content (AvgIpc) is 2.78. The van der Waals surface area contributed by atoms with Crippen molar-refractivity contribution in [1.29, 1.82) is 0 Å². The molecule has 0 unspecified atom stereocenters. The number of hydrogen-bond acceptors (Lipinski definition) is 3. The molecule has 0 aromatic heterocycles. The normalized spacial score (nSPS) is 13.8. The molecule has 0 aliphatic heterocycles. The molecule has 2 aromatic rings. The molecule has 0 amide bonds. The first-order chi connectivity index (χ1) is 18.2. The molecule has 1 N–H and O–H groups in total. The molecule has 0 saturated carbocycles. The van der Waals surface area contributed by atoms with Crippen LogP contribution in [0.5, 0.6) is 11.5 Å². The van der Waals surface area contributed by atoms with E-state index >= 15 is 0 Å². The van der Waals surface area contributed by atoms with Crippen LogP contribution in [0.15, 0.2) is 36.4 Å². The fourth-order valence-electron chi connectivity index (χ4n) is 5.23. The van der Waals surface area contributed by atoms with E-state index in [1.54, 1.807) is 0 Å². The summed E-state index contributed by atoms with van der Waals surface area (Å²) in [7, 11) is -3.74. The van der Waals surface area contributed by atoms with Gasteiger partial charge in [-0.05, 0) is 0 Å². The maximum atomic E-state index is 12.6. The van der Waals surface area contributed by atoms with Crippen LogP contribution in [-0.2, 0) is 21.7 Å². The van der Waals surface area contributed by atoms with Gasteiger partial charge in [-0.3, -0.25) is 0 Å². The summed E-state index contributed by atoms with van der Waals surface area (Å²) in [5.74, 6) is 1.60. The van der Waals surface area contributed by atoms with E-state index in [0.717, 1.165) is 46.6 Å². The van der Waals surface area contributed by atoms with Crippen LogP contribution in [0.25, 0.3) is 0 Å². The van der Waals surface area contributed by atoms with E-state index in [1.165, 1.54) is 25.7 Å². The van der Waals surface area contributed by atoms with Crippen molar-refractivity contribution in [3.05, 3.63) is 58.7 Å². The second-order valence-electron chi connectivity index (χ2n) is 15.8. The number of benzene rings is 2. The zero-order valence-electron chi connectivity index (χ0n) is 28.2. The van der Waals surface area contributed by atoms with Crippen molar-refractivity contribution in [3.8, 4) is 11.5 Å². The molecule has 0 atom stereocenters. The standard InChI is InChI=1S/C36H61O3P/c1-14-15-16-17-18-19-26-40(37,38-31-27(33(2,3)4)22-20-23-28(31)34(5,6)7)39-32-29(35(8,9)10)24-21-25-30(32)36(11,12)13/h20-25,37,40H,14-19,26H2,1-13H3. The molecule has 40 heavy (non-hydrogen) atoms. The van der Waals surface area contributed by atoms with Gasteiger partial charge in [-0.15, -0.1) is 0 Å². The van der Waals surface area contributed by atoms with Crippen molar-refractivity contribution in [3.63, 3.8) is 0 Å². The van der Waals surface area contributed by atoms with Crippen molar-refractivity contribution in [2.75, 3.05) is 6.16 Å². The topological polar surface area (TPSA) is 38.7 Å². The predicted octanol–water partition coefficient (Wildman–Crippen LogP) is 11.2.